The Morgan fingerprint density at radius 1 is 0.633 bits per heavy atom. The molecule has 0 atom stereocenters. The summed E-state index contributed by atoms with van der Waals surface area (Å²) in [6, 6.07) is 0. The topological polar surface area (TPSA) is 143 Å². The van der Waals surface area contributed by atoms with Gasteiger partial charge in [-0.05, 0) is 11.8 Å². The molecule has 0 spiro atoms. The Bertz CT molecular complexity index is 956. The fraction of sp³-hybridized carbons (Fsp3) is 0.882. The number of imide groups is 1. The number of rotatable bonds is 27. The van der Waals surface area contributed by atoms with E-state index in [0.29, 0.717) is 84.2 Å². The second kappa shape index (κ2) is 24.4. The second-order valence-corrected chi connectivity index (χ2v) is 15.6. The monoisotopic (exact) mass is 719 g/mol. The van der Waals surface area contributed by atoms with Crippen LogP contribution in [0.15, 0.2) is 0 Å². The Morgan fingerprint density at radius 3 is 1.55 bits per heavy atom. The van der Waals surface area contributed by atoms with Gasteiger partial charge in [0.15, 0.2) is 0 Å². The summed E-state index contributed by atoms with van der Waals surface area (Å²) in [6.45, 7) is 21.0. The van der Waals surface area contributed by atoms with E-state index in [1.54, 1.807) is 0 Å². The largest absolute Gasteiger partial charge is 0.378 e. The average Bonchev–Trinajstić information content (AvgIpc) is 3.36. The molecule has 2 saturated heterocycles. The molecule has 2 fully saturated rings. The number of hydrogen-bond donors (Lipinski definition) is 0. The molecule has 0 saturated carbocycles. The van der Waals surface area contributed by atoms with Crippen LogP contribution in [0.25, 0.3) is 0 Å². The Morgan fingerprint density at radius 2 is 1.08 bits per heavy atom. The molecular weight excluding hydrogens is 658 g/mol. The molecule has 0 unspecified atom stereocenters. The van der Waals surface area contributed by atoms with Crippen molar-refractivity contribution in [3.8, 4) is 0 Å². The summed E-state index contributed by atoms with van der Waals surface area (Å²) in [5.41, 5.74) is 0.284. The van der Waals surface area contributed by atoms with E-state index in [9.17, 15) is 19.2 Å². The molecule has 49 heavy (non-hydrogen) atoms. The van der Waals surface area contributed by atoms with Crippen LogP contribution in [0.1, 0.15) is 66.7 Å². The highest BCUT2D eigenvalue weighted by molar-refractivity contribution is 8.00. The van der Waals surface area contributed by atoms with Crippen molar-refractivity contribution in [3.63, 3.8) is 0 Å². The normalized spacial score (nSPS) is 16.2. The maximum Gasteiger partial charge on any atom is 0.335 e. The molecule has 2 aliphatic rings. The third kappa shape index (κ3) is 21.2. The molecule has 3 amide bonds. The van der Waals surface area contributed by atoms with E-state index in [0.717, 1.165) is 44.9 Å². The van der Waals surface area contributed by atoms with Crippen LogP contribution in [0.3, 0.4) is 0 Å². The van der Waals surface area contributed by atoms with Crippen LogP contribution in [-0.4, -0.2) is 161 Å². The molecule has 0 aromatic carbocycles. The zero-order valence-corrected chi connectivity index (χ0v) is 31.3. The molecule has 0 aliphatic carbocycles. The number of carbonyl (C=O) groups excluding carboxylic acids is 4. The van der Waals surface area contributed by atoms with E-state index in [4.69, 9.17) is 33.3 Å². The SMILES string of the molecule is CC(C)(C)CN1CCN(C(=O)CCC(C)(C)SCCOCCOCCOCCOCCOCCOCCC(=O)ON2C(=O)CCC2=O)CC1. The number of amides is 3. The van der Waals surface area contributed by atoms with Crippen LogP contribution in [-0.2, 0) is 52.4 Å². The summed E-state index contributed by atoms with van der Waals surface area (Å²) in [5.74, 6) is -0.558. The smallest absolute Gasteiger partial charge is 0.335 e. The van der Waals surface area contributed by atoms with Gasteiger partial charge in [-0.2, -0.15) is 11.8 Å². The van der Waals surface area contributed by atoms with Crippen LogP contribution in [0.4, 0.5) is 0 Å². The predicted octanol–water partition coefficient (Wildman–Crippen LogP) is 2.57. The summed E-state index contributed by atoms with van der Waals surface area (Å²) < 4.78 is 32.9. The molecule has 2 heterocycles. The molecule has 0 radical (unpaired) electrons. The maximum absolute atomic E-state index is 12.8. The third-order valence-electron chi connectivity index (χ3n) is 7.59. The first-order valence-electron chi connectivity index (χ1n) is 17.5. The molecule has 0 N–H and O–H groups in total. The number of carbonyl (C=O) groups is 4. The molecule has 2 rings (SSSR count). The quantitative estimate of drug-likeness (QED) is 0.0908. The molecule has 15 heteroatoms. The average molecular weight is 720 g/mol. The van der Waals surface area contributed by atoms with Crippen molar-refractivity contribution >= 4 is 35.5 Å². The standard InChI is InChI=1S/C34H61N3O11S/c1-33(2,3)28-35-11-13-36(14-12-35)29(38)8-10-34(4,5)49-27-26-47-25-24-46-23-22-45-21-20-44-19-18-43-17-16-42-15-9-32(41)48-37-30(39)6-7-31(37)40/h6-28H2,1-5H3. The van der Waals surface area contributed by atoms with Crippen LogP contribution in [0.2, 0.25) is 0 Å². The van der Waals surface area contributed by atoms with Crippen molar-refractivity contribution in [1.82, 2.24) is 14.9 Å². The fourth-order valence-corrected chi connectivity index (χ4v) is 6.00. The summed E-state index contributed by atoms with van der Waals surface area (Å²) in [5, 5.41) is 0.524. The van der Waals surface area contributed by atoms with Gasteiger partial charge in [-0.15, -0.1) is 5.06 Å². The van der Waals surface area contributed by atoms with Gasteiger partial charge in [0.2, 0.25) is 5.91 Å². The van der Waals surface area contributed by atoms with Crippen molar-refractivity contribution in [2.45, 2.75) is 71.5 Å². The van der Waals surface area contributed by atoms with Gasteiger partial charge >= 0.3 is 5.97 Å². The lowest BCUT2D eigenvalue weighted by molar-refractivity contribution is -0.198. The first-order chi connectivity index (χ1) is 23.4. The molecular formula is C34H61N3O11S. The van der Waals surface area contributed by atoms with E-state index >= 15 is 0 Å². The minimum Gasteiger partial charge on any atom is -0.378 e. The van der Waals surface area contributed by atoms with E-state index in [1.807, 2.05) is 16.7 Å². The highest BCUT2D eigenvalue weighted by Crippen LogP contribution is 2.29. The maximum atomic E-state index is 12.8. The molecule has 0 aromatic rings. The minimum atomic E-state index is -0.694. The Balaban J connectivity index is 1.28. The Kier molecular flexibility index (Phi) is 21.5. The van der Waals surface area contributed by atoms with Gasteiger partial charge in [0.1, 0.15) is 0 Å². The second-order valence-electron chi connectivity index (χ2n) is 13.8. The van der Waals surface area contributed by atoms with Crippen LogP contribution in [0, 0.1) is 5.41 Å². The van der Waals surface area contributed by atoms with Crippen molar-refractivity contribution < 1.29 is 52.4 Å². The fourth-order valence-electron chi connectivity index (χ4n) is 5.00. The third-order valence-corrected chi connectivity index (χ3v) is 8.95. The van der Waals surface area contributed by atoms with E-state index in [-0.39, 0.29) is 41.9 Å². The molecule has 2 aliphatic heterocycles. The summed E-state index contributed by atoms with van der Waals surface area (Å²) in [6.07, 6.45) is 1.50. The lowest BCUT2D eigenvalue weighted by Crippen LogP contribution is -2.50. The molecule has 0 bridgehead atoms. The van der Waals surface area contributed by atoms with Crippen molar-refractivity contribution in [2.75, 3.05) is 118 Å². The van der Waals surface area contributed by atoms with Gasteiger partial charge in [0.25, 0.3) is 11.8 Å². The van der Waals surface area contributed by atoms with Gasteiger partial charge in [0, 0.05) is 62.5 Å². The number of hydroxylamine groups is 2. The number of hydrogen-bond acceptors (Lipinski definition) is 13. The molecule has 14 nitrogen and oxygen atoms in total. The highest BCUT2D eigenvalue weighted by atomic mass is 32.2. The summed E-state index contributed by atoms with van der Waals surface area (Å²) in [4.78, 5) is 56.5. The Hall–Kier alpha value is -1.85. The van der Waals surface area contributed by atoms with Gasteiger partial charge in [-0.1, -0.05) is 34.6 Å². The Labute approximate surface area is 297 Å². The van der Waals surface area contributed by atoms with Crippen LogP contribution >= 0.6 is 11.8 Å². The van der Waals surface area contributed by atoms with Gasteiger partial charge < -0.3 is 38.2 Å². The summed E-state index contributed by atoms with van der Waals surface area (Å²) >= 11 is 1.85. The van der Waals surface area contributed by atoms with Crippen molar-refractivity contribution in [1.29, 1.82) is 0 Å². The molecule has 0 aromatic heterocycles. The summed E-state index contributed by atoms with van der Waals surface area (Å²) in [7, 11) is 0. The zero-order chi connectivity index (χ0) is 36.0. The van der Waals surface area contributed by atoms with Crippen LogP contribution in [0.5, 0.6) is 0 Å². The zero-order valence-electron chi connectivity index (χ0n) is 30.5. The van der Waals surface area contributed by atoms with Gasteiger partial charge in [0.05, 0.1) is 85.7 Å². The van der Waals surface area contributed by atoms with E-state index < -0.39 is 17.8 Å². The van der Waals surface area contributed by atoms with E-state index in [1.165, 1.54) is 0 Å². The van der Waals surface area contributed by atoms with Crippen LogP contribution < -0.4 is 0 Å². The first kappa shape index (κ1) is 43.3. The number of nitrogens with zero attached hydrogens (tertiary/aromatic N) is 3. The van der Waals surface area contributed by atoms with Crippen molar-refractivity contribution in [2.24, 2.45) is 5.41 Å². The van der Waals surface area contributed by atoms with E-state index in [2.05, 4.69) is 39.5 Å². The number of ether oxygens (including phenoxy) is 6. The molecule has 284 valence electrons. The van der Waals surface area contributed by atoms with Gasteiger partial charge in [-0.3, -0.25) is 19.3 Å². The van der Waals surface area contributed by atoms with Crippen molar-refractivity contribution in [3.05, 3.63) is 0 Å². The number of piperazine rings is 1. The first-order valence-corrected chi connectivity index (χ1v) is 18.5. The lowest BCUT2D eigenvalue weighted by atomic mass is 9.96. The van der Waals surface area contributed by atoms with Gasteiger partial charge in [-0.25, -0.2) is 4.79 Å². The lowest BCUT2D eigenvalue weighted by Gasteiger charge is -2.38. The number of thioether (sulfide) groups is 1. The minimum absolute atomic E-state index is 0.0243. The highest BCUT2D eigenvalue weighted by Gasteiger charge is 2.32. The predicted molar refractivity (Wildman–Crippen MR) is 185 cm³/mol.